The Bertz CT molecular complexity index is 502. The van der Waals surface area contributed by atoms with E-state index in [1.165, 1.54) is 43.4 Å². The largest absolute Gasteiger partial charge is 0.378 e. The molecule has 0 aromatic carbocycles. The lowest BCUT2D eigenvalue weighted by atomic mass is 9.60. The minimum absolute atomic E-state index is 0.417. The molecule has 2 aliphatic carbocycles. The lowest BCUT2D eigenvalue weighted by Crippen LogP contribution is -2.62. The van der Waals surface area contributed by atoms with Gasteiger partial charge in [0.25, 0.3) is 0 Å². The quantitative estimate of drug-likeness (QED) is 0.906. The van der Waals surface area contributed by atoms with Crippen LogP contribution in [0.3, 0.4) is 0 Å². The van der Waals surface area contributed by atoms with Crippen molar-refractivity contribution in [1.29, 1.82) is 0 Å². The van der Waals surface area contributed by atoms with Crippen molar-refractivity contribution in [1.82, 2.24) is 15.1 Å². The molecule has 118 valence electrons. The van der Waals surface area contributed by atoms with E-state index in [1.54, 1.807) is 0 Å². The van der Waals surface area contributed by atoms with E-state index in [4.69, 9.17) is 4.74 Å². The van der Waals surface area contributed by atoms with Gasteiger partial charge in [0.15, 0.2) is 0 Å². The van der Waals surface area contributed by atoms with Gasteiger partial charge in [-0.25, -0.2) is 0 Å². The summed E-state index contributed by atoms with van der Waals surface area (Å²) in [5.74, 6) is 0. The van der Waals surface area contributed by atoms with Crippen LogP contribution >= 0.6 is 0 Å². The first-order valence-electron chi connectivity index (χ1n) is 8.42. The first kappa shape index (κ1) is 15.0. The van der Waals surface area contributed by atoms with Crippen LogP contribution in [-0.2, 0) is 18.3 Å². The third kappa shape index (κ3) is 2.42. The number of nitrogens with zero attached hydrogens (tertiary/aromatic N) is 2. The van der Waals surface area contributed by atoms with Crippen molar-refractivity contribution < 1.29 is 4.74 Å². The van der Waals surface area contributed by atoms with Crippen molar-refractivity contribution >= 4 is 0 Å². The maximum Gasteiger partial charge on any atom is 0.0661 e. The van der Waals surface area contributed by atoms with Crippen molar-refractivity contribution in [3.63, 3.8) is 0 Å². The third-order valence-electron chi connectivity index (χ3n) is 5.87. The van der Waals surface area contributed by atoms with E-state index in [0.29, 0.717) is 17.6 Å². The van der Waals surface area contributed by atoms with Gasteiger partial charge in [-0.3, -0.25) is 4.68 Å². The summed E-state index contributed by atoms with van der Waals surface area (Å²) in [5.41, 5.74) is 4.22. The molecule has 2 unspecified atom stereocenters. The fourth-order valence-corrected chi connectivity index (χ4v) is 4.47. The van der Waals surface area contributed by atoms with Crippen molar-refractivity contribution in [2.24, 2.45) is 12.5 Å². The molecule has 0 aliphatic heterocycles. The van der Waals surface area contributed by atoms with Gasteiger partial charge in [-0.05, 0) is 40.0 Å². The average molecular weight is 291 g/mol. The van der Waals surface area contributed by atoms with Gasteiger partial charge in [0.2, 0.25) is 0 Å². The second-order valence-corrected chi connectivity index (χ2v) is 6.83. The summed E-state index contributed by atoms with van der Waals surface area (Å²) in [5, 5.41) is 8.34. The van der Waals surface area contributed by atoms with Crippen LogP contribution in [0.4, 0.5) is 0 Å². The van der Waals surface area contributed by atoms with E-state index in [9.17, 15) is 0 Å². The molecule has 4 nitrogen and oxygen atoms in total. The molecule has 21 heavy (non-hydrogen) atoms. The molecule has 1 N–H and O–H groups in total. The van der Waals surface area contributed by atoms with Crippen LogP contribution in [0.5, 0.6) is 0 Å². The van der Waals surface area contributed by atoms with Crippen molar-refractivity contribution in [3.05, 3.63) is 17.0 Å². The Morgan fingerprint density at radius 3 is 2.62 bits per heavy atom. The highest BCUT2D eigenvalue weighted by atomic mass is 16.5. The van der Waals surface area contributed by atoms with Crippen LogP contribution in [-0.4, -0.2) is 28.5 Å². The zero-order valence-electron chi connectivity index (χ0n) is 13.9. The molecule has 2 saturated carbocycles. The van der Waals surface area contributed by atoms with Crippen LogP contribution in [0, 0.1) is 19.3 Å². The van der Waals surface area contributed by atoms with Gasteiger partial charge in [0.1, 0.15) is 0 Å². The van der Waals surface area contributed by atoms with E-state index < -0.39 is 0 Å². The van der Waals surface area contributed by atoms with Crippen LogP contribution in [0.1, 0.15) is 56.0 Å². The summed E-state index contributed by atoms with van der Waals surface area (Å²) >= 11 is 0. The molecule has 0 saturated heterocycles. The molecule has 1 aromatic heterocycles. The van der Waals surface area contributed by atoms with Crippen LogP contribution in [0.25, 0.3) is 0 Å². The average Bonchev–Trinajstić information content (AvgIpc) is 3.04. The summed E-state index contributed by atoms with van der Waals surface area (Å²) in [6.45, 7) is 8.17. The predicted octanol–water partition coefficient (Wildman–Crippen LogP) is 2.86. The molecule has 1 spiro atoms. The molecule has 1 aromatic rings. The van der Waals surface area contributed by atoms with Crippen LogP contribution in [0.2, 0.25) is 0 Å². The van der Waals surface area contributed by atoms with Gasteiger partial charge in [0, 0.05) is 42.9 Å². The second kappa shape index (κ2) is 5.73. The van der Waals surface area contributed by atoms with Gasteiger partial charge in [-0.2, -0.15) is 5.10 Å². The molecule has 2 aliphatic rings. The minimum Gasteiger partial charge on any atom is -0.378 e. The Morgan fingerprint density at radius 2 is 2.05 bits per heavy atom. The molecular formula is C17H29N3O. The summed E-state index contributed by atoms with van der Waals surface area (Å²) < 4.78 is 7.98. The van der Waals surface area contributed by atoms with Crippen LogP contribution in [0.15, 0.2) is 0 Å². The number of ether oxygens (including phenoxy) is 1. The number of rotatable bonds is 5. The highest BCUT2D eigenvalue weighted by Crippen LogP contribution is 2.54. The van der Waals surface area contributed by atoms with Gasteiger partial charge in [-0.1, -0.05) is 12.8 Å². The van der Waals surface area contributed by atoms with Crippen molar-refractivity contribution in [2.45, 2.75) is 71.6 Å². The van der Waals surface area contributed by atoms with E-state index in [2.05, 4.69) is 31.2 Å². The van der Waals surface area contributed by atoms with Gasteiger partial charge in [-0.15, -0.1) is 0 Å². The van der Waals surface area contributed by atoms with Gasteiger partial charge >= 0.3 is 0 Å². The Labute approximate surface area is 128 Å². The Balaban J connectivity index is 1.66. The smallest absolute Gasteiger partial charge is 0.0661 e. The summed E-state index contributed by atoms with van der Waals surface area (Å²) in [6.07, 6.45) is 7.06. The van der Waals surface area contributed by atoms with E-state index in [1.807, 2.05) is 11.7 Å². The van der Waals surface area contributed by atoms with Gasteiger partial charge < -0.3 is 10.1 Å². The maximum absolute atomic E-state index is 5.99. The lowest BCUT2D eigenvalue weighted by molar-refractivity contribution is -0.130. The van der Waals surface area contributed by atoms with Gasteiger partial charge in [0.05, 0.1) is 11.8 Å². The first-order valence-corrected chi connectivity index (χ1v) is 8.42. The minimum atomic E-state index is 0.417. The van der Waals surface area contributed by atoms with Crippen molar-refractivity contribution in [3.8, 4) is 0 Å². The Hall–Kier alpha value is -0.870. The summed E-state index contributed by atoms with van der Waals surface area (Å²) in [4.78, 5) is 0. The maximum atomic E-state index is 5.99. The fourth-order valence-electron chi connectivity index (χ4n) is 4.47. The molecule has 0 amide bonds. The molecule has 1 heterocycles. The third-order valence-corrected chi connectivity index (χ3v) is 5.87. The number of aryl methyl sites for hydroxylation is 2. The zero-order valence-corrected chi connectivity index (χ0v) is 13.9. The Kier molecular flexibility index (Phi) is 4.10. The molecule has 0 bridgehead atoms. The standard InChI is InChI=1S/C17H29N3O/c1-5-21-16-10-15(17(16)8-6-7-9-17)18-11-14-12(2)19-20(4)13(14)3/h15-16,18H,5-11H2,1-4H3. The van der Waals surface area contributed by atoms with Crippen molar-refractivity contribution in [2.75, 3.05) is 6.61 Å². The van der Waals surface area contributed by atoms with E-state index >= 15 is 0 Å². The SMILES string of the molecule is CCOC1CC(NCc2c(C)nn(C)c2C)C12CCCC2. The molecule has 4 heteroatoms. The Morgan fingerprint density at radius 1 is 1.33 bits per heavy atom. The first-order chi connectivity index (χ1) is 10.1. The van der Waals surface area contributed by atoms with Crippen LogP contribution < -0.4 is 5.32 Å². The molecule has 3 rings (SSSR count). The fraction of sp³-hybridized carbons (Fsp3) is 0.824. The highest BCUT2D eigenvalue weighted by molar-refractivity contribution is 5.24. The highest BCUT2D eigenvalue weighted by Gasteiger charge is 2.56. The molecular weight excluding hydrogens is 262 g/mol. The normalized spacial score (nSPS) is 27.2. The van der Waals surface area contributed by atoms with E-state index in [-0.39, 0.29) is 0 Å². The number of hydrogen-bond donors (Lipinski definition) is 1. The number of hydrogen-bond acceptors (Lipinski definition) is 3. The summed E-state index contributed by atoms with van der Waals surface area (Å²) in [7, 11) is 2.03. The zero-order chi connectivity index (χ0) is 15.0. The molecule has 2 atom stereocenters. The second-order valence-electron chi connectivity index (χ2n) is 6.83. The predicted molar refractivity (Wildman–Crippen MR) is 84.2 cm³/mol. The van der Waals surface area contributed by atoms with E-state index in [0.717, 1.165) is 18.8 Å². The summed E-state index contributed by atoms with van der Waals surface area (Å²) in [6, 6.07) is 0.621. The molecule has 0 radical (unpaired) electrons. The number of nitrogens with one attached hydrogen (secondary N) is 1. The number of aromatic nitrogens is 2. The lowest BCUT2D eigenvalue weighted by Gasteiger charge is -2.54. The topological polar surface area (TPSA) is 39.1 Å². The monoisotopic (exact) mass is 291 g/mol. The molecule has 2 fully saturated rings.